The molecule has 1 aromatic heterocycles. The third kappa shape index (κ3) is 13.7. The van der Waals surface area contributed by atoms with Crippen molar-refractivity contribution >= 4 is 27.9 Å². The Hall–Kier alpha value is -2.58. The topological polar surface area (TPSA) is 156 Å². The molecule has 1 aromatic rings. The highest BCUT2D eigenvalue weighted by Crippen LogP contribution is 2.34. The lowest BCUT2D eigenvalue weighted by Crippen LogP contribution is -2.40. The van der Waals surface area contributed by atoms with Gasteiger partial charge in [0.25, 0.3) is 0 Å². The van der Waals surface area contributed by atoms with Crippen LogP contribution in [0.15, 0.2) is 6.20 Å². The molecule has 0 aromatic carbocycles. The standard InChI is InChI=1S/C29H50N4O9S/c1-6-7-8-9-10-11-12-13-14-15-16-17-18-32(43(5,37)38)19-25-20-33(31-30-25)29-28(41-24(4)36)27(40-23(3)35)26(42-29)21-39-22(2)34/h20,26-29H,6-19,21H2,1-5H3/t26-,27-,28-,29-/m1/s1. The normalized spacial score (nSPS) is 20.3. The highest BCUT2D eigenvalue weighted by atomic mass is 32.2. The van der Waals surface area contributed by atoms with E-state index >= 15 is 0 Å². The van der Waals surface area contributed by atoms with Gasteiger partial charge in [0.1, 0.15) is 12.7 Å². The van der Waals surface area contributed by atoms with Crippen LogP contribution >= 0.6 is 0 Å². The van der Waals surface area contributed by atoms with Crippen LogP contribution in [0.2, 0.25) is 0 Å². The van der Waals surface area contributed by atoms with Crippen LogP contribution in [0.5, 0.6) is 0 Å². The van der Waals surface area contributed by atoms with Crippen molar-refractivity contribution in [2.24, 2.45) is 0 Å². The fraction of sp³-hybridized carbons (Fsp3) is 0.828. The average molecular weight is 631 g/mol. The minimum absolute atomic E-state index is 0.00602. The molecule has 0 radical (unpaired) electrons. The minimum atomic E-state index is -3.51. The van der Waals surface area contributed by atoms with Crippen molar-refractivity contribution in [1.82, 2.24) is 19.3 Å². The van der Waals surface area contributed by atoms with Crippen LogP contribution in [0.3, 0.4) is 0 Å². The van der Waals surface area contributed by atoms with E-state index in [-0.39, 0.29) is 13.2 Å². The van der Waals surface area contributed by atoms with Crippen molar-refractivity contribution in [3.63, 3.8) is 0 Å². The van der Waals surface area contributed by atoms with Gasteiger partial charge in [-0.2, -0.15) is 4.31 Å². The van der Waals surface area contributed by atoms with E-state index in [2.05, 4.69) is 17.2 Å². The zero-order valence-corrected chi connectivity index (χ0v) is 27.2. The van der Waals surface area contributed by atoms with Crippen LogP contribution in [0.1, 0.15) is 117 Å². The first kappa shape index (κ1) is 36.6. The molecule has 0 saturated carbocycles. The zero-order chi connectivity index (χ0) is 31.8. The summed E-state index contributed by atoms with van der Waals surface area (Å²) in [5.41, 5.74) is 0.363. The Morgan fingerprint density at radius 2 is 1.40 bits per heavy atom. The molecule has 0 unspecified atom stereocenters. The molecule has 0 amide bonds. The molecular weight excluding hydrogens is 580 g/mol. The van der Waals surface area contributed by atoms with Crippen molar-refractivity contribution < 1.29 is 41.7 Å². The monoisotopic (exact) mass is 630 g/mol. The van der Waals surface area contributed by atoms with Gasteiger partial charge in [-0.1, -0.05) is 82.8 Å². The summed E-state index contributed by atoms with van der Waals surface area (Å²) in [6.07, 6.45) is 12.7. The Labute approximate surface area is 256 Å². The van der Waals surface area contributed by atoms with Gasteiger partial charge >= 0.3 is 17.9 Å². The van der Waals surface area contributed by atoms with E-state index in [1.165, 1.54) is 87.3 Å². The maximum atomic E-state index is 12.5. The molecule has 1 aliphatic heterocycles. The van der Waals surface area contributed by atoms with Crippen LogP contribution < -0.4 is 0 Å². The number of unbranched alkanes of at least 4 members (excludes halogenated alkanes) is 11. The number of carbonyl (C=O) groups excluding carboxylic acids is 3. The van der Waals surface area contributed by atoms with E-state index < -0.39 is 52.5 Å². The second-order valence-corrected chi connectivity index (χ2v) is 13.2. The first-order chi connectivity index (χ1) is 20.4. The summed E-state index contributed by atoms with van der Waals surface area (Å²) in [6.45, 7) is 5.98. The van der Waals surface area contributed by atoms with E-state index in [1.54, 1.807) is 0 Å². The first-order valence-corrected chi connectivity index (χ1v) is 17.3. The largest absolute Gasteiger partial charge is 0.463 e. The number of hydrogen-bond donors (Lipinski definition) is 0. The summed E-state index contributed by atoms with van der Waals surface area (Å²) in [5, 5.41) is 8.20. The summed E-state index contributed by atoms with van der Waals surface area (Å²) in [7, 11) is -3.51. The number of rotatable bonds is 21. The summed E-state index contributed by atoms with van der Waals surface area (Å²) in [4.78, 5) is 35.0. The second kappa shape index (κ2) is 18.9. The number of hydrogen-bond acceptors (Lipinski definition) is 11. The second-order valence-electron chi connectivity index (χ2n) is 11.2. The maximum Gasteiger partial charge on any atom is 0.303 e. The van der Waals surface area contributed by atoms with Gasteiger partial charge in [0.15, 0.2) is 18.4 Å². The molecule has 0 spiro atoms. The van der Waals surface area contributed by atoms with Crippen LogP contribution in [0, 0.1) is 0 Å². The van der Waals surface area contributed by atoms with Crippen molar-refractivity contribution in [2.75, 3.05) is 19.4 Å². The minimum Gasteiger partial charge on any atom is -0.463 e. The Morgan fingerprint density at radius 1 is 0.860 bits per heavy atom. The highest BCUT2D eigenvalue weighted by molar-refractivity contribution is 7.88. The third-order valence-electron chi connectivity index (χ3n) is 7.23. The molecule has 1 aliphatic rings. The number of carbonyl (C=O) groups is 3. The van der Waals surface area contributed by atoms with Gasteiger partial charge in [0.2, 0.25) is 10.0 Å². The fourth-order valence-corrected chi connectivity index (χ4v) is 5.92. The molecule has 2 rings (SSSR count). The predicted molar refractivity (Wildman–Crippen MR) is 158 cm³/mol. The predicted octanol–water partition coefficient (Wildman–Crippen LogP) is 4.06. The molecule has 43 heavy (non-hydrogen) atoms. The van der Waals surface area contributed by atoms with Gasteiger partial charge in [-0.25, -0.2) is 13.1 Å². The molecule has 1 fully saturated rings. The molecule has 4 atom stereocenters. The lowest BCUT2D eigenvalue weighted by Gasteiger charge is -2.23. The summed E-state index contributed by atoms with van der Waals surface area (Å²) in [5.74, 6) is -1.84. The van der Waals surface area contributed by atoms with Gasteiger partial charge < -0.3 is 18.9 Å². The van der Waals surface area contributed by atoms with E-state index in [9.17, 15) is 22.8 Å². The van der Waals surface area contributed by atoms with Crippen molar-refractivity contribution in [1.29, 1.82) is 0 Å². The fourth-order valence-electron chi connectivity index (χ4n) is 5.09. The number of esters is 3. The molecule has 0 aliphatic carbocycles. The highest BCUT2D eigenvalue weighted by Gasteiger charge is 2.51. The van der Waals surface area contributed by atoms with E-state index in [4.69, 9.17) is 18.9 Å². The lowest BCUT2D eigenvalue weighted by atomic mass is 10.1. The van der Waals surface area contributed by atoms with Gasteiger partial charge in [0.05, 0.1) is 24.7 Å². The average Bonchev–Trinajstić information content (AvgIpc) is 3.51. The van der Waals surface area contributed by atoms with Gasteiger partial charge in [0, 0.05) is 27.3 Å². The van der Waals surface area contributed by atoms with Crippen molar-refractivity contribution in [3.8, 4) is 0 Å². The molecular formula is C29H50N4O9S. The Bertz CT molecular complexity index is 1110. The Kier molecular flexibility index (Phi) is 16.1. The summed E-state index contributed by atoms with van der Waals surface area (Å²) in [6, 6.07) is 0. The van der Waals surface area contributed by atoms with Crippen molar-refractivity contribution in [2.45, 2.75) is 136 Å². The first-order valence-electron chi connectivity index (χ1n) is 15.4. The van der Waals surface area contributed by atoms with Gasteiger partial charge in [-0.3, -0.25) is 14.4 Å². The third-order valence-corrected chi connectivity index (χ3v) is 8.48. The Morgan fingerprint density at radius 3 is 1.91 bits per heavy atom. The molecule has 1 saturated heterocycles. The summed E-state index contributed by atoms with van der Waals surface area (Å²) < 4.78 is 49.5. The van der Waals surface area contributed by atoms with Crippen LogP contribution in [0.25, 0.3) is 0 Å². The maximum absolute atomic E-state index is 12.5. The van der Waals surface area contributed by atoms with Gasteiger partial charge in [-0.05, 0) is 6.42 Å². The number of nitrogens with zero attached hydrogens (tertiary/aromatic N) is 4. The Balaban J connectivity index is 1.95. The molecule has 0 bridgehead atoms. The SMILES string of the molecule is CCCCCCCCCCCCCCN(Cc1cn([C@@H]2O[C@H](COC(C)=O)[C@@H](OC(C)=O)[C@H]2OC(C)=O)nn1)S(C)(=O)=O. The molecule has 2 heterocycles. The molecule has 246 valence electrons. The number of ether oxygens (including phenoxy) is 4. The molecule has 13 nitrogen and oxygen atoms in total. The van der Waals surface area contributed by atoms with E-state index in [0.717, 1.165) is 31.9 Å². The lowest BCUT2D eigenvalue weighted by molar-refractivity contribution is -0.166. The zero-order valence-electron chi connectivity index (χ0n) is 26.4. The van der Waals surface area contributed by atoms with Crippen LogP contribution in [0.4, 0.5) is 0 Å². The molecule has 14 heteroatoms. The van der Waals surface area contributed by atoms with Crippen molar-refractivity contribution in [3.05, 3.63) is 11.9 Å². The van der Waals surface area contributed by atoms with Crippen LogP contribution in [-0.2, 0) is 49.9 Å². The van der Waals surface area contributed by atoms with E-state index in [0.29, 0.717) is 12.2 Å². The van der Waals surface area contributed by atoms with E-state index in [1.807, 2.05) is 0 Å². The summed E-state index contributed by atoms with van der Waals surface area (Å²) >= 11 is 0. The van der Waals surface area contributed by atoms with Gasteiger partial charge in [-0.15, -0.1) is 5.10 Å². The molecule has 0 N–H and O–H groups in total. The number of sulfonamides is 1. The smallest absolute Gasteiger partial charge is 0.303 e. The number of aromatic nitrogens is 3. The quantitative estimate of drug-likeness (QED) is 0.110. The van der Waals surface area contributed by atoms with Crippen LogP contribution in [-0.4, -0.2) is 83.3 Å².